The summed E-state index contributed by atoms with van der Waals surface area (Å²) in [6, 6.07) is 15.9. The number of nitrogens with zero attached hydrogens (tertiary/aromatic N) is 5. The Kier molecular flexibility index (Phi) is 4.95. The Balaban J connectivity index is 1.51. The average Bonchev–Trinajstić information content (AvgIpc) is 3.44. The molecular formula is C24H19FN6O. The van der Waals surface area contributed by atoms with Crippen LogP contribution in [0.2, 0.25) is 0 Å². The van der Waals surface area contributed by atoms with Crippen molar-refractivity contribution in [3.63, 3.8) is 0 Å². The van der Waals surface area contributed by atoms with E-state index in [4.69, 9.17) is 0 Å². The van der Waals surface area contributed by atoms with Gasteiger partial charge in [0.15, 0.2) is 11.5 Å². The van der Waals surface area contributed by atoms with Crippen LogP contribution in [0.1, 0.15) is 21.6 Å². The number of amides is 1. The van der Waals surface area contributed by atoms with Crippen molar-refractivity contribution in [1.29, 1.82) is 0 Å². The Morgan fingerprint density at radius 3 is 2.59 bits per heavy atom. The standard InChI is InChI=1S/C24H19FN6O/c1-16-2-8-19(9-3-16)31-20(10-11-28-31)23-29-22(21-15-26-12-13-30(21)23)24(32)27-14-17-4-6-18(25)7-5-17/h2-13,15H,14H2,1H3,(H,27,32). The summed E-state index contributed by atoms with van der Waals surface area (Å²) in [6.07, 6.45) is 6.72. The maximum atomic E-state index is 13.1. The molecule has 0 aliphatic heterocycles. The van der Waals surface area contributed by atoms with Gasteiger partial charge in [-0.3, -0.25) is 14.2 Å². The lowest BCUT2D eigenvalue weighted by Crippen LogP contribution is -2.23. The molecule has 5 aromatic rings. The summed E-state index contributed by atoms with van der Waals surface area (Å²) in [5.41, 5.74) is 4.41. The molecule has 0 atom stereocenters. The third-order valence-corrected chi connectivity index (χ3v) is 5.18. The number of halogens is 1. The summed E-state index contributed by atoms with van der Waals surface area (Å²) >= 11 is 0. The van der Waals surface area contributed by atoms with Crippen molar-refractivity contribution in [2.75, 3.05) is 0 Å². The number of hydrogen-bond acceptors (Lipinski definition) is 4. The molecule has 1 N–H and O–H groups in total. The van der Waals surface area contributed by atoms with Crippen LogP contribution in [0.25, 0.3) is 22.7 Å². The highest BCUT2D eigenvalue weighted by atomic mass is 19.1. The summed E-state index contributed by atoms with van der Waals surface area (Å²) < 4.78 is 16.7. The Bertz CT molecular complexity index is 1400. The Labute approximate surface area is 183 Å². The zero-order valence-electron chi connectivity index (χ0n) is 17.2. The molecular weight excluding hydrogens is 407 g/mol. The van der Waals surface area contributed by atoms with Crippen LogP contribution in [0, 0.1) is 12.7 Å². The molecule has 3 aromatic heterocycles. The fourth-order valence-electron chi connectivity index (χ4n) is 3.52. The minimum atomic E-state index is -0.340. The Hall–Kier alpha value is -4.33. The van der Waals surface area contributed by atoms with E-state index in [-0.39, 0.29) is 24.0 Å². The maximum Gasteiger partial charge on any atom is 0.272 e. The average molecular weight is 426 g/mol. The van der Waals surface area contributed by atoms with Gasteiger partial charge in [0.05, 0.1) is 23.6 Å². The van der Waals surface area contributed by atoms with E-state index in [0.717, 1.165) is 22.5 Å². The molecule has 0 aliphatic rings. The topological polar surface area (TPSA) is 77.1 Å². The smallest absolute Gasteiger partial charge is 0.272 e. The molecule has 0 radical (unpaired) electrons. The number of nitrogens with one attached hydrogen (secondary N) is 1. The van der Waals surface area contributed by atoms with Crippen LogP contribution < -0.4 is 5.32 Å². The van der Waals surface area contributed by atoms with E-state index in [1.165, 1.54) is 12.1 Å². The molecule has 0 saturated carbocycles. The largest absolute Gasteiger partial charge is 0.347 e. The van der Waals surface area contributed by atoms with Crippen molar-refractivity contribution in [2.24, 2.45) is 0 Å². The van der Waals surface area contributed by atoms with Gasteiger partial charge in [0.25, 0.3) is 5.91 Å². The quantitative estimate of drug-likeness (QED) is 0.462. The van der Waals surface area contributed by atoms with Crippen LogP contribution >= 0.6 is 0 Å². The molecule has 0 fully saturated rings. The molecule has 2 aromatic carbocycles. The third kappa shape index (κ3) is 3.62. The number of carbonyl (C=O) groups is 1. The van der Waals surface area contributed by atoms with Crippen molar-refractivity contribution in [3.05, 3.63) is 102 Å². The van der Waals surface area contributed by atoms with Crippen molar-refractivity contribution in [3.8, 4) is 17.2 Å². The van der Waals surface area contributed by atoms with Crippen LogP contribution in [0.15, 0.2) is 79.4 Å². The third-order valence-electron chi connectivity index (χ3n) is 5.18. The first-order valence-electron chi connectivity index (χ1n) is 10.1. The minimum Gasteiger partial charge on any atom is -0.347 e. The van der Waals surface area contributed by atoms with E-state index >= 15 is 0 Å². The number of carbonyl (C=O) groups excluding carboxylic acids is 1. The van der Waals surface area contributed by atoms with Gasteiger partial charge < -0.3 is 5.32 Å². The van der Waals surface area contributed by atoms with Gasteiger partial charge in [0, 0.05) is 18.9 Å². The first-order valence-corrected chi connectivity index (χ1v) is 10.1. The predicted octanol–water partition coefficient (Wildman–Crippen LogP) is 3.96. The highest BCUT2D eigenvalue weighted by Gasteiger charge is 2.21. The molecule has 0 unspecified atom stereocenters. The molecule has 0 aliphatic carbocycles. The number of benzene rings is 2. The first kappa shape index (κ1) is 19.6. The van der Waals surface area contributed by atoms with Gasteiger partial charge in [-0.1, -0.05) is 29.8 Å². The van der Waals surface area contributed by atoms with Gasteiger partial charge in [-0.15, -0.1) is 0 Å². The fraction of sp³-hybridized carbons (Fsp3) is 0.0833. The van der Waals surface area contributed by atoms with Gasteiger partial charge in [0.1, 0.15) is 11.5 Å². The van der Waals surface area contributed by atoms with E-state index in [0.29, 0.717) is 11.3 Å². The van der Waals surface area contributed by atoms with Crippen molar-refractivity contribution in [2.45, 2.75) is 13.5 Å². The second kappa shape index (κ2) is 8.07. The zero-order valence-corrected chi connectivity index (χ0v) is 17.2. The SMILES string of the molecule is Cc1ccc(-n2nccc2-c2nc(C(=O)NCc3ccc(F)cc3)c3cnccn23)cc1. The monoisotopic (exact) mass is 426 g/mol. The van der Waals surface area contributed by atoms with E-state index in [2.05, 4.69) is 20.4 Å². The van der Waals surface area contributed by atoms with Gasteiger partial charge in [0.2, 0.25) is 0 Å². The van der Waals surface area contributed by atoms with E-state index < -0.39 is 0 Å². The summed E-state index contributed by atoms with van der Waals surface area (Å²) in [7, 11) is 0. The molecule has 158 valence electrons. The lowest BCUT2D eigenvalue weighted by atomic mass is 10.2. The van der Waals surface area contributed by atoms with Crippen LogP contribution in [0.4, 0.5) is 4.39 Å². The van der Waals surface area contributed by atoms with E-state index in [9.17, 15) is 9.18 Å². The number of aromatic nitrogens is 5. The normalized spacial score (nSPS) is 11.1. The number of hydrogen-bond donors (Lipinski definition) is 1. The van der Waals surface area contributed by atoms with Gasteiger partial charge in [-0.2, -0.15) is 5.10 Å². The second-order valence-electron chi connectivity index (χ2n) is 7.39. The first-order chi connectivity index (χ1) is 15.6. The van der Waals surface area contributed by atoms with Crippen LogP contribution in [-0.4, -0.2) is 30.1 Å². The molecule has 5 rings (SSSR count). The molecule has 3 heterocycles. The number of fused-ring (bicyclic) bond motifs is 1. The lowest BCUT2D eigenvalue weighted by molar-refractivity contribution is 0.0948. The van der Waals surface area contributed by atoms with Crippen molar-refractivity contribution < 1.29 is 9.18 Å². The van der Waals surface area contributed by atoms with E-state index in [1.54, 1.807) is 41.6 Å². The van der Waals surface area contributed by atoms with Crippen LogP contribution in [0.5, 0.6) is 0 Å². The fourth-order valence-corrected chi connectivity index (χ4v) is 3.52. The number of rotatable bonds is 5. The molecule has 0 bridgehead atoms. The van der Waals surface area contributed by atoms with Gasteiger partial charge in [-0.25, -0.2) is 14.1 Å². The molecule has 7 nitrogen and oxygen atoms in total. The number of aryl methyl sites for hydroxylation is 1. The summed E-state index contributed by atoms with van der Waals surface area (Å²) in [4.78, 5) is 21.8. The maximum absolute atomic E-state index is 13.1. The minimum absolute atomic E-state index is 0.256. The van der Waals surface area contributed by atoms with Gasteiger partial charge in [-0.05, 0) is 42.8 Å². The van der Waals surface area contributed by atoms with Crippen molar-refractivity contribution in [1.82, 2.24) is 29.5 Å². The molecule has 0 spiro atoms. The van der Waals surface area contributed by atoms with Crippen LogP contribution in [0.3, 0.4) is 0 Å². The Morgan fingerprint density at radius 2 is 1.81 bits per heavy atom. The Morgan fingerprint density at radius 1 is 1.03 bits per heavy atom. The van der Waals surface area contributed by atoms with E-state index in [1.807, 2.05) is 41.7 Å². The zero-order chi connectivity index (χ0) is 22.1. The predicted molar refractivity (Wildman–Crippen MR) is 118 cm³/mol. The molecule has 8 heteroatoms. The summed E-state index contributed by atoms with van der Waals surface area (Å²) in [6.45, 7) is 2.29. The highest BCUT2D eigenvalue weighted by molar-refractivity contribution is 5.99. The molecule has 32 heavy (non-hydrogen) atoms. The second-order valence-corrected chi connectivity index (χ2v) is 7.39. The summed E-state index contributed by atoms with van der Waals surface area (Å²) in [5, 5.41) is 7.30. The van der Waals surface area contributed by atoms with Gasteiger partial charge >= 0.3 is 0 Å². The van der Waals surface area contributed by atoms with Crippen LogP contribution in [-0.2, 0) is 6.54 Å². The summed E-state index contributed by atoms with van der Waals surface area (Å²) in [5.74, 6) is -0.0824. The highest BCUT2D eigenvalue weighted by Crippen LogP contribution is 2.25. The molecule has 1 amide bonds. The molecule has 0 saturated heterocycles. The lowest BCUT2D eigenvalue weighted by Gasteiger charge is -2.07. The number of imidazole rings is 1. The van der Waals surface area contributed by atoms with Crippen molar-refractivity contribution >= 4 is 11.4 Å².